The Balaban J connectivity index is 2.00. The molecule has 1 atom stereocenters. The SMILES string of the molecule is O=C(O)C(Oc1ccc(Cl)cc1-c1ncco1)c1ccccc1. The third-order valence-corrected chi connectivity index (χ3v) is 3.41. The Morgan fingerprint density at radius 1 is 1.22 bits per heavy atom. The number of oxazole rings is 1. The lowest BCUT2D eigenvalue weighted by Gasteiger charge is -2.17. The lowest BCUT2D eigenvalue weighted by Crippen LogP contribution is -2.18. The number of hydrogen-bond acceptors (Lipinski definition) is 4. The number of carboxylic acids is 1. The molecule has 0 aliphatic rings. The van der Waals surface area contributed by atoms with Gasteiger partial charge in [-0.15, -0.1) is 0 Å². The monoisotopic (exact) mass is 329 g/mol. The fraction of sp³-hybridized carbons (Fsp3) is 0.0588. The minimum atomic E-state index is -1.15. The molecule has 0 radical (unpaired) electrons. The molecular formula is C17H12ClNO4. The average Bonchev–Trinajstić information content (AvgIpc) is 3.08. The summed E-state index contributed by atoms with van der Waals surface area (Å²) in [5.74, 6) is -0.461. The van der Waals surface area contributed by atoms with E-state index in [9.17, 15) is 9.90 Å². The number of carboxylic acid groups (broad SMARTS) is 1. The number of carbonyl (C=O) groups is 1. The topological polar surface area (TPSA) is 72.6 Å². The predicted octanol–water partition coefficient (Wildman–Crippen LogP) is 4.20. The Kier molecular flexibility index (Phi) is 4.30. The first-order valence-corrected chi connectivity index (χ1v) is 7.17. The van der Waals surface area contributed by atoms with Crippen LogP contribution in [0.2, 0.25) is 5.02 Å². The van der Waals surface area contributed by atoms with E-state index in [4.69, 9.17) is 20.8 Å². The van der Waals surface area contributed by atoms with Crippen molar-refractivity contribution in [2.45, 2.75) is 6.10 Å². The van der Waals surface area contributed by atoms with E-state index >= 15 is 0 Å². The summed E-state index contributed by atoms with van der Waals surface area (Å²) in [7, 11) is 0. The van der Waals surface area contributed by atoms with Crippen molar-refractivity contribution in [1.82, 2.24) is 4.98 Å². The van der Waals surface area contributed by atoms with Gasteiger partial charge in [-0.1, -0.05) is 41.9 Å². The van der Waals surface area contributed by atoms with Gasteiger partial charge in [0, 0.05) is 10.6 Å². The first kappa shape index (κ1) is 15.1. The maximum absolute atomic E-state index is 11.6. The summed E-state index contributed by atoms with van der Waals surface area (Å²) >= 11 is 6.01. The summed E-state index contributed by atoms with van der Waals surface area (Å²) in [4.78, 5) is 15.6. The van der Waals surface area contributed by atoms with Gasteiger partial charge in [0.1, 0.15) is 12.0 Å². The predicted molar refractivity (Wildman–Crippen MR) is 84.4 cm³/mol. The van der Waals surface area contributed by atoms with Crippen LogP contribution in [-0.2, 0) is 4.79 Å². The summed E-state index contributed by atoms with van der Waals surface area (Å²) in [5, 5.41) is 9.94. The number of hydrogen-bond donors (Lipinski definition) is 1. The van der Waals surface area contributed by atoms with Crippen molar-refractivity contribution in [3.63, 3.8) is 0 Å². The fourth-order valence-corrected chi connectivity index (χ4v) is 2.32. The van der Waals surface area contributed by atoms with Gasteiger partial charge in [0.25, 0.3) is 0 Å². The van der Waals surface area contributed by atoms with E-state index < -0.39 is 12.1 Å². The highest BCUT2D eigenvalue weighted by Crippen LogP contribution is 2.34. The zero-order chi connectivity index (χ0) is 16.2. The second kappa shape index (κ2) is 6.54. The van der Waals surface area contributed by atoms with Crippen molar-refractivity contribution in [2.24, 2.45) is 0 Å². The van der Waals surface area contributed by atoms with Crippen LogP contribution in [0, 0.1) is 0 Å². The standard InChI is InChI=1S/C17H12ClNO4/c18-12-6-7-14(13(10-12)16-19-8-9-22-16)23-15(17(20)21)11-4-2-1-3-5-11/h1-10,15H,(H,20,21). The highest BCUT2D eigenvalue weighted by atomic mass is 35.5. The Labute approximate surface area is 137 Å². The highest BCUT2D eigenvalue weighted by Gasteiger charge is 2.24. The second-order valence-corrected chi connectivity index (χ2v) is 5.16. The number of ether oxygens (including phenoxy) is 1. The molecule has 0 aliphatic carbocycles. The van der Waals surface area contributed by atoms with Crippen molar-refractivity contribution in [3.05, 3.63) is 71.6 Å². The molecule has 116 valence electrons. The Hall–Kier alpha value is -2.79. The summed E-state index contributed by atoms with van der Waals surface area (Å²) in [6.07, 6.45) is 1.77. The van der Waals surface area contributed by atoms with Crippen LogP contribution in [0.4, 0.5) is 0 Å². The molecule has 3 aromatic rings. The lowest BCUT2D eigenvalue weighted by molar-refractivity contribution is -0.145. The Morgan fingerprint density at radius 3 is 2.65 bits per heavy atom. The molecular weight excluding hydrogens is 318 g/mol. The molecule has 1 unspecified atom stereocenters. The molecule has 0 saturated heterocycles. The molecule has 0 amide bonds. The number of benzene rings is 2. The minimum Gasteiger partial charge on any atom is -0.478 e. The molecule has 0 saturated carbocycles. The van der Waals surface area contributed by atoms with Gasteiger partial charge in [0.2, 0.25) is 12.0 Å². The summed E-state index contributed by atoms with van der Waals surface area (Å²) in [5.41, 5.74) is 1.03. The van der Waals surface area contributed by atoms with E-state index in [-0.39, 0.29) is 0 Å². The smallest absolute Gasteiger partial charge is 0.349 e. The maximum atomic E-state index is 11.6. The van der Waals surface area contributed by atoms with E-state index in [0.29, 0.717) is 27.8 Å². The Bertz CT molecular complexity index is 803. The van der Waals surface area contributed by atoms with Crippen LogP contribution in [0.25, 0.3) is 11.5 Å². The molecule has 1 N–H and O–H groups in total. The largest absolute Gasteiger partial charge is 0.478 e. The number of rotatable bonds is 5. The third kappa shape index (κ3) is 3.35. The third-order valence-electron chi connectivity index (χ3n) is 3.18. The molecule has 5 nitrogen and oxygen atoms in total. The zero-order valence-corrected chi connectivity index (χ0v) is 12.6. The molecule has 2 aromatic carbocycles. The van der Waals surface area contributed by atoms with Crippen molar-refractivity contribution >= 4 is 17.6 Å². The molecule has 0 aliphatic heterocycles. The molecule has 1 aromatic heterocycles. The van der Waals surface area contributed by atoms with Gasteiger partial charge in [-0.05, 0) is 18.2 Å². The van der Waals surface area contributed by atoms with Crippen LogP contribution in [0.3, 0.4) is 0 Å². The van der Waals surface area contributed by atoms with Crippen LogP contribution < -0.4 is 4.74 Å². The first-order chi connectivity index (χ1) is 11.1. The zero-order valence-electron chi connectivity index (χ0n) is 11.8. The quantitative estimate of drug-likeness (QED) is 0.759. The van der Waals surface area contributed by atoms with E-state index in [1.807, 2.05) is 6.07 Å². The number of aliphatic carboxylic acids is 1. The summed E-state index contributed by atoms with van der Waals surface area (Å²) in [6, 6.07) is 13.5. The summed E-state index contributed by atoms with van der Waals surface area (Å²) < 4.78 is 11.0. The van der Waals surface area contributed by atoms with Gasteiger partial charge in [-0.2, -0.15) is 0 Å². The van der Waals surface area contributed by atoms with Gasteiger partial charge in [0.15, 0.2) is 0 Å². The van der Waals surface area contributed by atoms with Crippen LogP contribution in [0.15, 0.2) is 65.4 Å². The second-order valence-electron chi connectivity index (χ2n) is 4.72. The van der Waals surface area contributed by atoms with Crippen LogP contribution in [0.5, 0.6) is 5.75 Å². The molecule has 1 heterocycles. The summed E-state index contributed by atoms with van der Waals surface area (Å²) in [6.45, 7) is 0. The van der Waals surface area contributed by atoms with Crippen molar-refractivity contribution in [1.29, 1.82) is 0 Å². The Morgan fingerprint density at radius 2 is 2.00 bits per heavy atom. The number of halogens is 1. The van der Waals surface area contributed by atoms with Gasteiger partial charge in [-0.25, -0.2) is 9.78 Å². The van der Waals surface area contributed by atoms with Crippen molar-refractivity contribution < 1.29 is 19.1 Å². The fourth-order valence-electron chi connectivity index (χ4n) is 2.14. The molecule has 3 rings (SSSR count). The van der Waals surface area contributed by atoms with Crippen molar-refractivity contribution in [2.75, 3.05) is 0 Å². The molecule has 0 spiro atoms. The van der Waals surface area contributed by atoms with Crippen LogP contribution in [0.1, 0.15) is 11.7 Å². The normalized spacial score (nSPS) is 11.9. The first-order valence-electron chi connectivity index (χ1n) is 6.79. The highest BCUT2D eigenvalue weighted by molar-refractivity contribution is 6.30. The van der Waals surface area contributed by atoms with E-state index in [1.165, 1.54) is 12.5 Å². The molecule has 0 bridgehead atoms. The van der Waals surface area contributed by atoms with E-state index in [2.05, 4.69) is 4.98 Å². The molecule has 6 heteroatoms. The molecule has 23 heavy (non-hydrogen) atoms. The van der Waals surface area contributed by atoms with Gasteiger partial charge in [0.05, 0.1) is 11.8 Å². The van der Waals surface area contributed by atoms with Gasteiger partial charge >= 0.3 is 5.97 Å². The van der Waals surface area contributed by atoms with E-state index in [0.717, 1.165) is 0 Å². The van der Waals surface area contributed by atoms with Crippen molar-refractivity contribution in [3.8, 4) is 17.2 Å². The van der Waals surface area contributed by atoms with Gasteiger partial charge < -0.3 is 14.3 Å². The van der Waals surface area contributed by atoms with E-state index in [1.54, 1.807) is 42.5 Å². The van der Waals surface area contributed by atoms with Crippen LogP contribution in [-0.4, -0.2) is 16.1 Å². The lowest BCUT2D eigenvalue weighted by atomic mass is 10.1. The number of nitrogens with zero attached hydrogens (tertiary/aromatic N) is 1. The number of aromatic nitrogens is 1. The van der Waals surface area contributed by atoms with Crippen LogP contribution >= 0.6 is 11.6 Å². The minimum absolute atomic E-state index is 0.305. The average molecular weight is 330 g/mol. The van der Waals surface area contributed by atoms with Gasteiger partial charge in [-0.3, -0.25) is 0 Å². The maximum Gasteiger partial charge on any atom is 0.349 e. The molecule has 0 fully saturated rings.